The van der Waals surface area contributed by atoms with Gasteiger partial charge >= 0.3 is 0 Å². The molecule has 4 fully saturated rings. The Labute approximate surface area is 67.8 Å². The summed E-state index contributed by atoms with van der Waals surface area (Å²) in [6, 6.07) is 0. The van der Waals surface area contributed by atoms with Gasteiger partial charge in [-0.2, -0.15) is 0 Å². The molecule has 0 aromatic carbocycles. The predicted molar refractivity (Wildman–Crippen MR) is 43.0 cm³/mol. The molecule has 0 unspecified atom stereocenters. The maximum absolute atomic E-state index is 9.85. The monoisotopic (exact) mass is 152 g/mol. The van der Waals surface area contributed by atoms with Crippen molar-refractivity contribution in [2.75, 3.05) is 0 Å². The highest BCUT2D eigenvalue weighted by Crippen LogP contribution is 2.85. The zero-order chi connectivity index (χ0) is 8.02. The molecule has 11 heavy (non-hydrogen) atoms. The van der Waals surface area contributed by atoms with Gasteiger partial charge in [-0.25, -0.2) is 0 Å². The van der Waals surface area contributed by atoms with Crippen LogP contribution in [0.3, 0.4) is 0 Å². The van der Waals surface area contributed by atoms with E-state index in [9.17, 15) is 5.11 Å². The van der Waals surface area contributed by atoms with Gasteiger partial charge in [0.05, 0.1) is 6.10 Å². The standard InChI is InChI=1S/C10H16O/c1-9(2)6-4-5-7(8(6)11)10(5,9)3/h5-8,11H,4H2,1-3H3/t5-,6+,7+,8-,10-/m1/s1. The van der Waals surface area contributed by atoms with Gasteiger partial charge in [-0.15, -0.1) is 0 Å². The summed E-state index contributed by atoms with van der Waals surface area (Å²) in [6.07, 6.45) is 1.34. The van der Waals surface area contributed by atoms with E-state index in [0.717, 1.165) is 5.92 Å². The second kappa shape index (κ2) is 1.28. The van der Waals surface area contributed by atoms with Crippen LogP contribution in [0, 0.1) is 28.6 Å². The minimum atomic E-state index is 0.0417. The summed E-state index contributed by atoms with van der Waals surface area (Å²) in [4.78, 5) is 0. The highest BCUT2D eigenvalue weighted by atomic mass is 16.3. The molecule has 0 aromatic heterocycles. The number of hydrogen-bond acceptors (Lipinski definition) is 1. The zero-order valence-corrected chi connectivity index (χ0v) is 7.46. The van der Waals surface area contributed by atoms with E-state index in [4.69, 9.17) is 0 Å². The van der Waals surface area contributed by atoms with E-state index >= 15 is 0 Å². The van der Waals surface area contributed by atoms with Crippen LogP contribution in [0.1, 0.15) is 27.2 Å². The van der Waals surface area contributed by atoms with E-state index in [1.807, 2.05) is 0 Å². The number of rotatable bonds is 0. The zero-order valence-electron chi connectivity index (χ0n) is 7.46. The third-order valence-corrected chi connectivity index (χ3v) is 5.39. The first-order chi connectivity index (χ1) is 5.01. The summed E-state index contributed by atoms with van der Waals surface area (Å²) >= 11 is 0. The van der Waals surface area contributed by atoms with Gasteiger partial charge < -0.3 is 5.11 Å². The van der Waals surface area contributed by atoms with Crippen molar-refractivity contribution in [3.8, 4) is 0 Å². The molecule has 0 heterocycles. The van der Waals surface area contributed by atoms with Crippen molar-refractivity contribution in [2.24, 2.45) is 28.6 Å². The minimum absolute atomic E-state index is 0.0417. The fourth-order valence-corrected chi connectivity index (χ4v) is 4.31. The Kier molecular flexibility index (Phi) is 0.755. The lowest BCUT2D eigenvalue weighted by Gasteiger charge is -2.29. The number of aliphatic hydroxyl groups excluding tert-OH is 1. The highest BCUT2D eigenvalue weighted by Gasteiger charge is 2.83. The van der Waals surface area contributed by atoms with Crippen LogP contribution < -0.4 is 0 Å². The fraction of sp³-hybridized carbons (Fsp3) is 1.00. The molecular weight excluding hydrogens is 136 g/mol. The Hall–Kier alpha value is -0.0400. The van der Waals surface area contributed by atoms with Gasteiger partial charge in [0.25, 0.3) is 0 Å². The maximum atomic E-state index is 9.85. The van der Waals surface area contributed by atoms with E-state index < -0.39 is 0 Å². The third-order valence-electron chi connectivity index (χ3n) is 5.39. The van der Waals surface area contributed by atoms with Gasteiger partial charge in [-0.3, -0.25) is 0 Å². The van der Waals surface area contributed by atoms with Crippen LogP contribution >= 0.6 is 0 Å². The molecule has 0 saturated heterocycles. The van der Waals surface area contributed by atoms with Gasteiger partial charge in [0.1, 0.15) is 0 Å². The van der Waals surface area contributed by atoms with Crippen molar-refractivity contribution in [1.29, 1.82) is 0 Å². The predicted octanol–water partition coefficient (Wildman–Crippen LogP) is 1.66. The molecular formula is C10H16O. The van der Waals surface area contributed by atoms with Gasteiger partial charge in [0.2, 0.25) is 0 Å². The van der Waals surface area contributed by atoms with E-state index in [2.05, 4.69) is 20.8 Å². The molecule has 0 radical (unpaired) electrons. The van der Waals surface area contributed by atoms with Crippen LogP contribution in [0.5, 0.6) is 0 Å². The molecule has 4 rings (SSSR count). The molecule has 0 aliphatic heterocycles. The summed E-state index contributed by atoms with van der Waals surface area (Å²) in [7, 11) is 0. The van der Waals surface area contributed by atoms with Crippen molar-refractivity contribution in [3.63, 3.8) is 0 Å². The van der Waals surface area contributed by atoms with Gasteiger partial charge in [-0.05, 0) is 35.0 Å². The summed E-state index contributed by atoms with van der Waals surface area (Å²) in [6.45, 7) is 7.06. The highest BCUT2D eigenvalue weighted by molar-refractivity contribution is 5.31. The lowest BCUT2D eigenvalue weighted by atomic mass is 9.76. The summed E-state index contributed by atoms with van der Waals surface area (Å²) in [5.74, 6) is 2.16. The van der Waals surface area contributed by atoms with Crippen molar-refractivity contribution in [1.82, 2.24) is 0 Å². The van der Waals surface area contributed by atoms with Crippen LogP contribution in [0.4, 0.5) is 0 Å². The molecule has 0 amide bonds. The molecule has 4 aliphatic carbocycles. The molecule has 4 saturated carbocycles. The molecule has 1 N–H and O–H groups in total. The lowest BCUT2D eigenvalue weighted by molar-refractivity contribution is 0.0951. The van der Waals surface area contributed by atoms with E-state index in [1.54, 1.807) is 0 Å². The third kappa shape index (κ3) is 0.376. The quantitative estimate of drug-likeness (QED) is 0.559. The molecule has 4 aliphatic rings. The van der Waals surface area contributed by atoms with Crippen molar-refractivity contribution in [2.45, 2.75) is 33.3 Å². The Bertz CT molecular complexity index is 228. The van der Waals surface area contributed by atoms with E-state index in [1.165, 1.54) is 6.42 Å². The SMILES string of the molecule is CC1(C)[C@H]2C[C@@H]3[C@@H]([C@@H]2O)[C@@]31C. The molecule has 4 bridgehead atoms. The van der Waals surface area contributed by atoms with Crippen molar-refractivity contribution < 1.29 is 5.11 Å². The first kappa shape index (κ1) is 6.47. The number of aliphatic hydroxyl groups is 1. The first-order valence-electron chi connectivity index (χ1n) is 4.69. The lowest BCUT2D eigenvalue weighted by Crippen LogP contribution is -2.25. The van der Waals surface area contributed by atoms with Crippen LogP contribution in [0.15, 0.2) is 0 Å². The summed E-state index contributed by atoms with van der Waals surface area (Å²) < 4.78 is 0. The van der Waals surface area contributed by atoms with Crippen LogP contribution in [0.25, 0.3) is 0 Å². The first-order valence-corrected chi connectivity index (χ1v) is 4.69. The smallest absolute Gasteiger partial charge is 0.0610 e. The maximum Gasteiger partial charge on any atom is 0.0610 e. The molecule has 62 valence electrons. The molecule has 1 nitrogen and oxygen atoms in total. The fourth-order valence-electron chi connectivity index (χ4n) is 4.31. The largest absolute Gasteiger partial charge is 0.392 e. The Morgan fingerprint density at radius 2 is 1.82 bits per heavy atom. The topological polar surface area (TPSA) is 20.2 Å². The van der Waals surface area contributed by atoms with Crippen LogP contribution in [0.2, 0.25) is 0 Å². The average Bonchev–Trinajstić information content (AvgIpc) is 2.14. The Balaban J connectivity index is 2.16. The minimum Gasteiger partial charge on any atom is -0.392 e. The van der Waals surface area contributed by atoms with Crippen LogP contribution in [-0.4, -0.2) is 11.2 Å². The second-order valence-electron chi connectivity index (χ2n) is 5.47. The Morgan fingerprint density at radius 3 is 1.91 bits per heavy atom. The van der Waals surface area contributed by atoms with Crippen molar-refractivity contribution >= 4 is 0 Å². The van der Waals surface area contributed by atoms with Crippen molar-refractivity contribution in [3.05, 3.63) is 0 Å². The average molecular weight is 152 g/mol. The molecule has 0 aromatic rings. The summed E-state index contributed by atoms with van der Waals surface area (Å²) in [5, 5.41) is 9.85. The molecule has 5 atom stereocenters. The van der Waals surface area contributed by atoms with Gasteiger partial charge in [0, 0.05) is 0 Å². The molecule has 1 heteroatoms. The van der Waals surface area contributed by atoms with Gasteiger partial charge in [0.15, 0.2) is 0 Å². The van der Waals surface area contributed by atoms with Gasteiger partial charge in [-0.1, -0.05) is 20.8 Å². The normalized spacial score (nSPS) is 68.7. The number of hydrogen-bond donors (Lipinski definition) is 1. The summed E-state index contributed by atoms with van der Waals surface area (Å²) in [5.41, 5.74) is 0.929. The Morgan fingerprint density at radius 1 is 1.18 bits per heavy atom. The van der Waals surface area contributed by atoms with E-state index in [0.29, 0.717) is 22.7 Å². The van der Waals surface area contributed by atoms with Crippen LogP contribution in [-0.2, 0) is 0 Å². The second-order valence-corrected chi connectivity index (χ2v) is 5.47. The molecule has 0 spiro atoms. The van der Waals surface area contributed by atoms with E-state index in [-0.39, 0.29) is 6.10 Å².